The number of H-pyrrole nitrogens is 2. The Hall–Kier alpha value is -4.52. The number of hydrogen-bond acceptors (Lipinski definition) is 4. The van der Waals surface area contributed by atoms with Gasteiger partial charge in [0, 0.05) is 36.8 Å². The molecular weight excluding hydrogens is 427 g/mol. The fraction of sp³-hybridized carbons (Fsp3) is 0.0741. The smallest absolute Gasteiger partial charge is 0.159 e. The maximum atomic E-state index is 13.4. The highest BCUT2D eigenvalue weighted by Gasteiger charge is 2.16. The van der Waals surface area contributed by atoms with Gasteiger partial charge in [0.15, 0.2) is 5.82 Å². The number of anilines is 1. The number of nitrogens with zero attached hydrogens (tertiary/aromatic N) is 4. The topological polar surface area (TPSA) is 73.5 Å². The van der Waals surface area contributed by atoms with Crippen molar-refractivity contribution in [2.75, 3.05) is 19.0 Å². The van der Waals surface area contributed by atoms with E-state index in [1.165, 1.54) is 12.1 Å². The molecule has 7 heteroatoms. The molecule has 2 N–H and O–H groups in total. The van der Waals surface area contributed by atoms with Crippen LogP contribution >= 0.6 is 0 Å². The van der Waals surface area contributed by atoms with Crippen molar-refractivity contribution in [3.63, 3.8) is 0 Å². The van der Waals surface area contributed by atoms with Gasteiger partial charge >= 0.3 is 0 Å². The number of rotatable bonds is 4. The van der Waals surface area contributed by atoms with Gasteiger partial charge in [-0.3, -0.25) is 10.1 Å². The monoisotopic (exact) mass is 448 g/mol. The van der Waals surface area contributed by atoms with Crippen molar-refractivity contribution in [3.05, 3.63) is 84.9 Å². The number of benzene rings is 3. The van der Waals surface area contributed by atoms with Crippen LogP contribution in [-0.2, 0) is 0 Å². The summed E-state index contributed by atoms with van der Waals surface area (Å²) in [6.07, 6.45) is 3.71. The summed E-state index contributed by atoms with van der Waals surface area (Å²) in [6, 6.07) is 20.7. The minimum atomic E-state index is -0.260. The third-order valence-electron chi connectivity index (χ3n) is 6.03. The van der Waals surface area contributed by atoms with Crippen LogP contribution in [0.5, 0.6) is 0 Å². The molecule has 6 aromatic rings. The van der Waals surface area contributed by atoms with Gasteiger partial charge in [-0.2, -0.15) is 5.10 Å². The molecule has 166 valence electrons. The van der Waals surface area contributed by atoms with Crippen LogP contribution in [0.15, 0.2) is 79.1 Å². The summed E-state index contributed by atoms with van der Waals surface area (Å²) in [6.45, 7) is 0. The number of aromatic nitrogens is 5. The van der Waals surface area contributed by atoms with Crippen LogP contribution in [0.3, 0.4) is 0 Å². The fourth-order valence-electron chi connectivity index (χ4n) is 4.21. The summed E-state index contributed by atoms with van der Waals surface area (Å²) >= 11 is 0. The summed E-state index contributed by atoms with van der Waals surface area (Å²) in [7, 11) is 4.00. The second-order valence-electron chi connectivity index (χ2n) is 8.45. The maximum absolute atomic E-state index is 13.4. The normalized spacial score (nSPS) is 11.4. The third kappa shape index (κ3) is 3.38. The molecule has 0 aliphatic rings. The summed E-state index contributed by atoms with van der Waals surface area (Å²) in [5.74, 6) is 0.414. The third-order valence-corrected chi connectivity index (χ3v) is 6.03. The van der Waals surface area contributed by atoms with Gasteiger partial charge in [-0.05, 0) is 47.5 Å². The Kier molecular flexibility index (Phi) is 4.62. The first-order chi connectivity index (χ1) is 16.6. The molecule has 0 radical (unpaired) electrons. The molecule has 3 aromatic carbocycles. The summed E-state index contributed by atoms with van der Waals surface area (Å²) in [4.78, 5) is 14.7. The average molecular weight is 449 g/mol. The first-order valence-corrected chi connectivity index (χ1v) is 10.9. The molecule has 6 rings (SSSR count). The van der Waals surface area contributed by atoms with Gasteiger partial charge in [0.05, 0.1) is 28.4 Å². The van der Waals surface area contributed by atoms with Crippen molar-refractivity contribution in [1.82, 2.24) is 25.1 Å². The molecule has 6 nitrogen and oxygen atoms in total. The van der Waals surface area contributed by atoms with Crippen molar-refractivity contribution in [1.29, 1.82) is 0 Å². The number of imidazole rings is 1. The van der Waals surface area contributed by atoms with Gasteiger partial charge in [-0.1, -0.05) is 30.3 Å². The lowest BCUT2D eigenvalue weighted by molar-refractivity contribution is 0.628. The van der Waals surface area contributed by atoms with E-state index in [0.717, 1.165) is 55.6 Å². The van der Waals surface area contributed by atoms with E-state index >= 15 is 0 Å². The van der Waals surface area contributed by atoms with Crippen molar-refractivity contribution >= 4 is 27.6 Å². The Morgan fingerprint density at radius 1 is 0.824 bits per heavy atom. The molecule has 0 aliphatic carbocycles. The number of halogens is 1. The van der Waals surface area contributed by atoms with Crippen LogP contribution in [0.25, 0.3) is 55.7 Å². The Morgan fingerprint density at radius 3 is 2.47 bits per heavy atom. The van der Waals surface area contributed by atoms with E-state index in [1.807, 2.05) is 55.7 Å². The molecule has 0 aliphatic heterocycles. The van der Waals surface area contributed by atoms with Crippen LogP contribution < -0.4 is 4.90 Å². The highest BCUT2D eigenvalue weighted by Crippen LogP contribution is 2.33. The molecule has 0 fully saturated rings. The van der Waals surface area contributed by atoms with Gasteiger partial charge in [-0.15, -0.1) is 0 Å². The van der Waals surface area contributed by atoms with Gasteiger partial charge < -0.3 is 9.88 Å². The standard InChI is InChI=1S/C27H21FN6/c1-34(2)20-12-18(14-29-15-20)17-8-11-23-22(13-17)26(33-32-23)27-30-24-5-3-4-21(25(24)31-27)16-6-9-19(28)10-7-16/h3-15H,1-2H3,(H,30,31)(H,32,33). The predicted octanol–water partition coefficient (Wildman–Crippen LogP) is 6.04. The quantitative estimate of drug-likeness (QED) is 0.345. The minimum Gasteiger partial charge on any atom is -0.376 e. The maximum Gasteiger partial charge on any atom is 0.159 e. The zero-order chi connectivity index (χ0) is 23.2. The molecule has 3 aromatic heterocycles. The van der Waals surface area contributed by atoms with Crippen molar-refractivity contribution < 1.29 is 4.39 Å². The Bertz CT molecular complexity index is 1650. The Labute approximate surface area is 195 Å². The molecule has 3 heterocycles. The molecule has 0 saturated heterocycles. The van der Waals surface area contributed by atoms with Gasteiger partial charge in [0.1, 0.15) is 11.5 Å². The number of aromatic amines is 2. The fourth-order valence-corrected chi connectivity index (χ4v) is 4.21. The average Bonchev–Trinajstić information content (AvgIpc) is 3.48. The second-order valence-corrected chi connectivity index (χ2v) is 8.45. The molecule has 0 atom stereocenters. The predicted molar refractivity (Wildman–Crippen MR) is 134 cm³/mol. The molecule has 0 amide bonds. The van der Waals surface area contributed by atoms with E-state index in [1.54, 1.807) is 12.1 Å². The van der Waals surface area contributed by atoms with Gasteiger partial charge in [-0.25, -0.2) is 9.37 Å². The van der Waals surface area contributed by atoms with E-state index in [-0.39, 0.29) is 5.82 Å². The minimum absolute atomic E-state index is 0.260. The zero-order valence-electron chi connectivity index (χ0n) is 18.7. The summed E-state index contributed by atoms with van der Waals surface area (Å²) < 4.78 is 13.4. The lowest BCUT2D eigenvalue weighted by Crippen LogP contribution is -2.08. The summed E-state index contributed by atoms with van der Waals surface area (Å²) in [5.41, 5.74) is 8.35. The van der Waals surface area contributed by atoms with Crippen molar-refractivity contribution in [2.24, 2.45) is 0 Å². The van der Waals surface area contributed by atoms with E-state index in [0.29, 0.717) is 5.82 Å². The number of fused-ring (bicyclic) bond motifs is 2. The van der Waals surface area contributed by atoms with Crippen LogP contribution in [-0.4, -0.2) is 39.2 Å². The highest BCUT2D eigenvalue weighted by molar-refractivity contribution is 5.98. The van der Waals surface area contributed by atoms with Crippen LogP contribution in [0.4, 0.5) is 10.1 Å². The van der Waals surface area contributed by atoms with Crippen LogP contribution in [0, 0.1) is 5.82 Å². The van der Waals surface area contributed by atoms with Crippen molar-refractivity contribution in [2.45, 2.75) is 0 Å². The SMILES string of the molecule is CN(C)c1cncc(-c2ccc3[nH]nc(-c4nc5c(-c6ccc(F)cc6)cccc5[nH]4)c3c2)c1. The first-order valence-electron chi connectivity index (χ1n) is 10.9. The highest BCUT2D eigenvalue weighted by atomic mass is 19.1. The first kappa shape index (κ1) is 20.1. The number of para-hydroxylation sites is 1. The molecule has 0 bridgehead atoms. The van der Waals surface area contributed by atoms with E-state index in [4.69, 9.17) is 4.98 Å². The second kappa shape index (κ2) is 7.81. The Morgan fingerprint density at radius 2 is 1.65 bits per heavy atom. The Balaban J connectivity index is 1.47. The van der Waals surface area contributed by atoms with E-state index in [9.17, 15) is 4.39 Å². The summed E-state index contributed by atoms with van der Waals surface area (Å²) in [5, 5.41) is 8.65. The lowest BCUT2D eigenvalue weighted by Gasteiger charge is -2.13. The molecule has 0 spiro atoms. The molecule has 34 heavy (non-hydrogen) atoms. The number of nitrogens with one attached hydrogen (secondary N) is 2. The van der Waals surface area contributed by atoms with E-state index < -0.39 is 0 Å². The number of hydrogen-bond donors (Lipinski definition) is 2. The largest absolute Gasteiger partial charge is 0.376 e. The van der Waals surface area contributed by atoms with Crippen LogP contribution in [0.2, 0.25) is 0 Å². The van der Waals surface area contributed by atoms with Gasteiger partial charge in [0.2, 0.25) is 0 Å². The van der Waals surface area contributed by atoms with Gasteiger partial charge in [0.25, 0.3) is 0 Å². The van der Waals surface area contributed by atoms with Crippen molar-refractivity contribution in [3.8, 4) is 33.8 Å². The lowest BCUT2D eigenvalue weighted by atomic mass is 10.0. The molecule has 0 unspecified atom stereocenters. The molecular formula is C27H21FN6. The number of pyridine rings is 1. The zero-order valence-corrected chi connectivity index (χ0v) is 18.7. The molecule has 0 saturated carbocycles. The van der Waals surface area contributed by atoms with E-state index in [2.05, 4.69) is 38.4 Å². The van der Waals surface area contributed by atoms with Crippen LogP contribution in [0.1, 0.15) is 0 Å².